The minimum absolute atomic E-state index is 0. The van der Waals surface area contributed by atoms with Gasteiger partial charge in [0.05, 0.1) is 0 Å². The molecule has 1 aliphatic heterocycles. The van der Waals surface area contributed by atoms with E-state index >= 15 is 0 Å². The molecule has 2 rings (SSSR count). The molecule has 4 nitrogen and oxygen atoms in total. The van der Waals surface area contributed by atoms with Gasteiger partial charge in [-0.3, -0.25) is 4.79 Å². The predicted octanol–water partition coefficient (Wildman–Crippen LogP) is 2.13. The molecule has 0 spiro atoms. The number of rotatable bonds is 6. The molecule has 118 valence electrons. The van der Waals surface area contributed by atoms with Crippen LogP contribution >= 0.6 is 12.4 Å². The number of para-hydroxylation sites is 1. The van der Waals surface area contributed by atoms with Gasteiger partial charge >= 0.3 is 0 Å². The van der Waals surface area contributed by atoms with Crippen molar-refractivity contribution in [3.8, 4) is 5.75 Å². The van der Waals surface area contributed by atoms with Crippen molar-refractivity contribution in [2.45, 2.75) is 19.3 Å². The standard InChI is InChI=1S/C15H21FN2O2.ClH/c16-13-5-1-2-6-14(13)20-11-15(19)18-9-7-12-4-3-8-17-10-12;/h1-2,5-6,12,17H,3-4,7-11H2,(H,18,19);1H. The van der Waals surface area contributed by atoms with E-state index in [-0.39, 0.29) is 30.7 Å². The van der Waals surface area contributed by atoms with Crippen LogP contribution in [0.4, 0.5) is 4.39 Å². The maximum absolute atomic E-state index is 13.3. The highest BCUT2D eigenvalue weighted by Gasteiger charge is 2.13. The summed E-state index contributed by atoms with van der Waals surface area (Å²) in [6.45, 7) is 2.62. The number of hydrogen-bond acceptors (Lipinski definition) is 3. The van der Waals surface area contributed by atoms with Crippen LogP contribution in [-0.4, -0.2) is 32.1 Å². The van der Waals surface area contributed by atoms with Gasteiger partial charge in [-0.1, -0.05) is 12.1 Å². The Labute approximate surface area is 130 Å². The first-order chi connectivity index (χ1) is 9.75. The topological polar surface area (TPSA) is 50.4 Å². The van der Waals surface area contributed by atoms with Gasteiger partial charge in [-0.2, -0.15) is 0 Å². The monoisotopic (exact) mass is 316 g/mol. The average Bonchev–Trinajstić information content (AvgIpc) is 2.47. The number of halogens is 2. The summed E-state index contributed by atoms with van der Waals surface area (Å²) < 4.78 is 18.4. The van der Waals surface area contributed by atoms with Gasteiger partial charge in [0.25, 0.3) is 5.91 Å². The molecule has 0 aromatic heterocycles. The van der Waals surface area contributed by atoms with Crippen molar-refractivity contribution in [2.24, 2.45) is 5.92 Å². The summed E-state index contributed by atoms with van der Waals surface area (Å²) in [5, 5.41) is 6.15. The first-order valence-electron chi connectivity index (χ1n) is 7.10. The number of nitrogens with one attached hydrogen (secondary N) is 2. The maximum atomic E-state index is 13.3. The van der Waals surface area contributed by atoms with Crippen LogP contribution in [0.25, 0.3) is 0 Å². The molecule has 1 aliphatic rings. The van der Waals surface area contributed by atoms with Crippen molar-refractivity contribution in [2.75, 3.05) is 26.2 Å². The molecule has 0 aliphatic carbocycles. The lowest BCUT2D eigenvalue weighted by atomic mass is 9.96. The molecule has 1 aromatic rings. The third-order valence-electron chi connectivity index (χ3n) is 3.47. The summed E-state index contributed by atoms with van der Waals surface area (Å²) in [6.07, 6.45) is 3.39. The summed E-state index contributed by atoms with van der Waals surface area (Å²) in [7, 11) is 0. The first-order valence-corrected chi connectivity index (χ1v) is 7.10. The Morgan fingerprint density at radius 3 is 2.95 bits per heavy atom. The minimum Gasteiger partial charge on any atom is -0.481 e. The van der Waals surface area contributed by atoms with Crippen LogP contribution in [0.1, 0.15) is 19.3 Å². The molecule has 1 aromatic carbocycles. The number of carbonyl (C=O) groups excluding carboxylic acids is 1. The van der Waals surface area contributed by atoms with Gasteiger partial charge in [-0.15, -0.1) is 12.4 Å². The average molecular weight is 317 g/mol. The van der Waals surface area contributed by atoms with Gasteiger partial charge in [-0.25, -0.2) is 4.39 Å². The number of benzene rings is 1. The molecule has 21 heavy (non-hydrogen) atoms. The Morgan fingerprint density at radius 2 is 2.24 bits per heavy atom. The van der Waals surface area contributed by atoms with Crippen LogP contribution in [0.15, 0.2) is 24.3 Å². The Morgan fingerprint density at radius 1 is 1.43 bits per heavy atom. The summed E-state index contributed by atoms with van der Waals surface area (Å²) >= 11 is 0. The molecule has 1 atom stereocenters. The van der Waals surface area contributed by atoms with E-state index in [1.807, 2.05) is 0 Å². The van der Waals surface area contributed by atoms with E-state index in [4.69, 9.17) is 4.74 Å². The van der Waals surface area contributed by atoms with Gasteiger partial charge in [0, 0.05) is 6.54 Å². The molecule has 1 fully saturated rings. The maximum Gasteiger partial charge on any atom is 0.257 e. The highest BCUT2D eigenvalue weighted by molar-refractivity contribution is 5.85. The quantitative estimate of drug-likeness (QED) is 0.845. The smallest absolute Gasteiger partial charge is 0.257 e. The van der Waals surface area contributed by atoms with Crippen LogP contribution in [0, 0.1) is 11.7 Å². The lowest BCUT2D eigenvalue weighted by molar-refractivity contribution is -0.123. The van der Waals surface area contributed by atoms with Gasteiger partial charge in [0.1, 0.15) is 0 Å². The second kappa shape index (κ2) is 9.58. The van der Waals surface area contributed by atoms with E-state index < -0.39 is 5.82 Å². The van der Waals surface area contributed by atoms with Crippen LogP contribution in [-0.2, 0) is 4.79 Å². The third kappa shape index (κ3) is 6.31. The van der Waals surface area contributed by atoms with Gasteiger partial charge in [-0.05, 0) is 50.4 Å². The van der Waals surface area contributed by atoms with Crippen molar-refractivity contribution in [3.05, 3.63) is 30.1 Å². The first kappa shape index (κ1) is 17.7. The second-order valence-corrected chi connectivity index (χ2v) is 5.07. The van der Waals surface area contributed by atoms with Crippen LogP contribution in [0.2, 0.25) is 0 Å². The molecule has 1 unspecified atom stereocenters. The summed E-state index contributed by atoms with van der Waals surface area (Å²) in [4.78, 5) is 11.6. The molecule has 1 saturated heterocycles. The van der Waals surface area contributed by atoms with E-state index in [1.165, 1.54) is 25.0 Å². The summed E-state index contributed by atoms with van der Waals surface area (Å²) in [5.41, 5.74) is 0. The van der Waals surface area contributed by atoms with E-state index in [1.54, 1.807) is 12.1 Å². The molecule has 2 N–H and O–H groups in total. The van der Waals surface area contributed by atoms with Gasteiger partial charge < -0.3 is 15.4 Å². The van der Waals surface area contributed by atoms with E-state index in [0.29, 0.717) is 12.5 Å². The lowest BCUT2D eigenvalue weighted by Crippen LogP contribution is -2.34. The summed E-state index contributed by atoms with van der Waals surface area (Å²) in [6, 6.07) is 6.08. The van der Waals surface area contributed by atoms with Crippen LogP contribution < -0.4 is 15.4 Å². The molecule has 1 heterocycles. The number of ether oxygens (including phenoxy) is 1. The van der Waals surface area contributed by atoms with E-state index in [2.05, 4.69) is 10.6 Å². The summed E-state index contributed by atoms with van der Waals surface area (Å²) in [5.74, 6) is 0.0845. The number of piperidine rings is 1. The van der Waals surface area contributed by atoms with Crippen LogP contribution in [0.3, 0.4) is 0 Å². The number of carbonyl (C=O) groups is 1. The SMILES string of the molecule is Cl.O=C(COc1ccccc1F)NCCC1CCCNC1. The molecule has 6 heteroatoms. The molecular formula is C15H22ClFN2O2. The highest BCUT2D eigenvalue weighted by atomic mass is 35.5. The Hall–Kier alpha value is -1.33. The lowest BCUT2D eigenvalue weighted by Gasteiger charge is -2.22. The zero-order valence-electron chi connectivity index (χ0n) is 11.9. The number of hydrogen-bond donors (Lipinski definition) is 2. The molecule has 0 radical (unpaired) electrons. The zero-order valence-corrected chi connectivity index (χ0v) is 12.8. The fourth-order valence-corrected chi connectivity index (χ4v) is 2.34. The largest absolute Gasteiger partial charge is 0.481 e. The van der Waals surface area contributed by atoms with Crippen molar-refractivity contribution < 1.29 is 13.9 Å². The Balaban J connectivity index is 0.00000220. The van der Waals surface area contributed by atoms with E-state index in [9.17, 15) is 9.18 Å². The van der Waals surface area contributed by atoms with Crippen LogP contribution in [0.5, 0.6) is 5.75 Å². The molecule has 0 bridgehead atoms. The van der Waals surface area contributed by atoms with Gasteiger partial charge in [0.2, 0.25) is 0 Å². The second-order valence-electron chi connectivity index (χ2n) is 5.07. The Kier molecular flexibility index (Phi) is 8.08. The zero-order chi connectivity index (χ0) is 14.2. The normalized spacial score (nSPS) is 17.7. The van der Waals surface area contributed by atoms with Crippen molar-refractivity contribution in [3.63, 3.8) is 0 Å². The van der Waals surface area contributed by atoms with E-state index in [0.717, 1.165) is 19.5 Å². The third-order valence-corrected chi connectivity index (χ3v) is 3.47. The Bertz CT molecular complexity index is 439. The number of amides is 1. The fraction of sp³-hybridized carbons (Fsp3) is 0.533. The fourth-order valence-electron chi connectivity index (χ4n) is 2.34. The van der Waals surface area contributed by atoms with Crippen molar-refractivity contribution >= 4 is 18.3 Å². The molecule has 1 amide bonds. The van der Waals surface area contributed by atoms with Crippen molar-refractivity contribution in [1.29, 1.82) is 0 Å². The molecular weight excluding hydrogens is 295 g/mol. The highest BCUT2D eigenvalue weighted by Crippen LogP contribution is 2.15. The predicted molar refractivity (Wildman–Crippen MR) is 82.4 cm³/mol. The van der Waals surface area contributed by atoms with Crippen molar-refractivity contribution in [1.82, 2.24) is 10.6 Å². The molecule has 0 saturated carbocycles. The minimum atomic E-state index is -0.450. The van der Waals surface area contributed by atoms with Gasteiger partial charge in [0.15, 0.2) is 18.2 Å².